The molecule has 0 saturated carbocycles. The third-order valence-electron chi connectivity index (χ3n) is 6.76. The van der Waals surface area contributed by atoms with Crippen LogP contribution in [0, 0.1) is 5.92 Å². The molecule has 2 heterocycles. The fourth-order valence-electron chi connectivity index (χ4n) is 4.92. The lowest BCUT2D eigenvalue weighted by Crippen LogP contribution is -2.54. The lowest BCUT2D eigenvalue weighted by molar-refractivity contribution is -0.232. The van der Waals surface area contributed by atoms with Gasteiger partial charge < -0.3 is 28.4 Å². The highest BCUT2D eigenvalue weighted by molar-refractivity contribution is 6.31. The van der Waals surface area contributed by atoms with E-state index in [1.165, 1.54) is 13.8 Å². The standard InChI is InChI=1S/C30H35ClO8/c1-5-35-23-10-8-21(9-11-23)14-22-15-24-26(16-25(22)31)36-13-7-6-12-34-17-27-18(2)28(37-19(3)32)30(29(24)39-27)38-20(4)33/h6-11,15-16,18,27-30H,5,12-14,17H2,1-4H3/b7-6-/t18-,27-,28+,29+,30-/m1/s1. The molecule has 4 rings (SSSR count). The topological polar surface area (TPSA) is 89.5 Å². The zero-order valence-electron chi connectivity index (χ0n) is 22.7. The first-order chi connectivity index (χ1) is 18.8. The average Bonchev–Trinajstić information content (AvgIpc) is 2.88. The molecule has 2 aromatic carbocycles. The van der Waals surface area contributed by atoms with Crippen molar-refractivity contribution in [3.8, 4) is 11.5 Å². The van der Waals surface area contributed by atoms with Crippen molar-refractivity contribution in [3.05, 3.63) is 70.3 Å². The Bertz CT molecular complexity index is 1180. The number of ether oxygens (including phenoxy) is 6. The molecule has 5 atom stereocenters. The number of carbonyl (C=O) groups excluding carboxylic acids is 2. The number of fused-ring (bicyclic) bond motifs is 4. The summed E-state index contributed by atoms with van der Waals surface area (Å²) in [5.41, 5.74) is 2.53. The molecule has 2 bridgehead atoms. The Hall–Kier alpha value is -3.07. The molecule has 1 saturated heterocycles. The van der Waals surface area contributed by atoms with Gasteiger partial charge in [0.15, 0.2) is 6.10 Å². The van der Waals surface area contributed by atoms with E-state index >= 15 is 0 Å². The van der Waals surface area contributed by atoms with E-state index in [-0.39, 0.29) is 19.1 Å². The summed E-state index contributed by atoms with van der Waals surface area (Å²) in [4.78, 5) is 24.3. The minimum Gasteiger partial charge on any atom is -0.494 e. The Morgan fingerprint density at radius 3 is 2.38 bits per heavy atom. The SMILES string of the molecule is CCOc1ccc(Cc2cc3c(cc2Cl)OC/C=C\COC[C@H]2O[C@@H]3[C@H](OC(C)=O)[C@@H](OC(C)=O)[C@@H]2C)cc1. The van der Waals surface area contributed by atoms with Gasteiger partial charge in [-0.3, -0.25) is 9.59 Å². The Labute approximate surface area is 234 Å². The molecule has 0 aliphatic carbocycles. The number of rotatable bonds is 6. The molecular formula is C30H35ClO8. The van der Waals surface area contributed by atoms with Crippen molar-refractivity contribution in [1.82, 2.24) is 0 Å². The normalized spacial score (nSPS) is 25.6. The van der Waals surface area contributed by atoms with E-state index < -0.39 is 36.4 Å². The first-order valence-corrected chi connectivity index (χ1v) is 13.5. The average molecular weight is 559 g/mol. The maximum Gasteiger partial charge on any atom is 0.303 e. The van der Waals surface area contributed by atoms with E-state index in [4.69, 9.17) is 40.0 Å². The summed E-state index contributed by atoms with van der Waals surface area (Å²) in [5, 5.41) is 0.531. The van der Waals surface area contributed by atoms with Crippen LogP contribution in [0.25, 0.3) is 0 Å². The summed E-state index contributed by atoms with van der Waals surface area (Å²) in [7, 11) is 0. The van der Waals surface area contributed by atoms with Gasteiger partial charge in [-0.15, -0.1) is 0 Å². The number of hydrogen-bond donors (Lipinski definition) is 0. The van der Waals surface area contributed by atoms with E-state index in [1.54, 1.807) is 6.07 Å². The van der Waals surface area contributed by atoms with E-state index in [2.05, 4.69) is 0 Å². The molecule has 0 radical (unpaired) electrons. The summed E-state index contributed by atoms with van der Waals surface area (Å²) in [6.07, 6.45) is 1.40. The van der Waals surface area contributed by atoms with Gasteiger partial charge >= 0.3 is 11.9 Å². The van der Waals surface area contributed by atoms with Crippen LogP contribution < -0.4 is 9.47 Å². The van der Waals surface area contributed by atoms with Crippen molar-refractivity contribution in [2.45, 2.75) is 58.5 Å². The Morgan fingerprint density at radius 1 is 1.00 bits per heavy atom. The van der Waals surface area contributed by atoms with Crippen LogP contribution in [0.5, 0.6) is 11.5 Å². The fourth-order valence-corrected chi connectivity index (χ4v) is 5.14. The zero-order valence-corrected chi connectivity index (χ0v) is 23.4. The smallest absolute Gasteiger partial charge is 0.303 e. The molecule has 2 aliphatic heterocycles. The van der Waals surface area contributed by atoms with Gasteiger partial charge in [-0.05, 0) is 54.8 Å². The molecule has 8 nitrogen and oxygen atoms in total. The van der Waals surface area contributed by atoms with Crippen LogP contribution in [0.4, 0.5) is 0 Å². The Morgan fingerprint density at radius 2 is 1.69 bits per heavy atom. The van der Waals surface area contributed by atoms with E-state index in [1.807, 2.05) is 56.3 Å². The van der Waals surface area contributed by atoms with Crippen LogP contribution in [-0.2, 0) is 35.0 Å². The largest absolute Gasteiger partial charge is 0.494 e. The third-order valence-corrected chi connectivity index (χ3v) is 7.12. The molecule has 2 aromatic rings. The van der Waals surface area contributed by atoms with E-state index in [0.717, 1.165) is 16.9 Å². The van der Waals surface area contributed by atoms with Crippen molar-refractivity contribution in [2.75, 3.05) is 26.4 Å². The highest BCUT2D eigenvalue weighted by Crippen LogP contribution is 2.44. The van der Waals surface area contributed by atoms with Gasteiger partial charge in [-0.1, -0.05) is 36.7 Å². The first kappa shape index (κ1) is 28.9. The zero-order chi connectivity index (χ0) is 27.9. The van der Waals surface area contributed by atoms with Gasteiger partial charge in [0.05, 0.1) is 25.9 Å². The van der Waals surface area contributed by atoms with Crippen molar-refractivity contribution >= 4 is 23.5 Å². The van der Waals surface area contributed by atoms with Crippen LogP contribution in [0.2, 0.25) is 5.02 Å². The molecule has 210 valence electrons. The molecule has 0 amide bonds. The molecule has 9 heteroatoms. The number of benzene rings is 2. The molecule has 0 N–H and O–H groups in total. The fraction of sp³-hybridized carbons (Fsp3) is 0.467. The molecule has 0 unspecified atom stereocenters. The van der Waals surface area contributed by atoms with Gasteiger partial charge in [0.2, 0.25) is 0 Å². The van der Waals surface area contributed by atoms with Gasteiger partial charge in [0.25, 0.3) is 0 Å². The van der Waals surface area contributed by atoms with Gasteiger partial charge in [0, 0.05) is 30.4 Å². The number of esters is 2. The third kappa shape index (κ3) is 7.32. The van der Waals surface area contributed by atoms with Crippen molar-refractivity contribution in [1.29, 1.82) is 0 Å². The molecule has 0 aromatic heterocycles. The second kappa shape index (κ2) is 13.3. The molecule has 1 fully saturated rings. The molecule has 2 aliphatic rings. The summed E-state index contributed by atoms with van der Waals surface area (Å²) in [6.45, 7) is 8.02. The lowest BCUT2D eigenvalue weighted by Gasteiger charge is -2.45. The number of hydrogen-bond acceptors (Lipinski definition) is 8. The van der Waals surface area contributed by atoms with Crippen molar-refractivity contribution in [3.63, 3.8) is 0 Å². The predicted octanol–water partition coefficient (Wildman–Crippen LogP) is 5.23. The van der Waals surface area contributed by atoms with Crippen molar-refractivity contribution < 1.29 is 38.0 Å². The minimum absolute atomic E-state index is 0.273. The van der Waals surface area contributed by atoms with Crippen LogP contribution in [0.1, 0.15) is 50.5 Å². The second-order valence-electron chi connectivity index (χ2n) is 9.66. The molecule has 39 heavy (non-hydrogen) atoms. The van der Waals surface area contributed by atoms with Gasteiger partial charge in [-0.2, -0.15) is 0 Å². The van der Waals surface area contributed by atoms with Crippen LogP contribution >= 0.6 is 11.6 Å². The van der Waals surface area contributed by atoms with Crippen molar-refractivity contribution in [2.24, 2.45) is 5.92 Å². The molecule has 0 spiro atoms. The Balaban J connectivity index is 1.79. The van der Waals surface area contributed by atoms with Gasteiger partial charge in [-0.25, -0.2) is 0 Å². The summed E-state index contributed by atoms with van der Waals surface area (Å²) in [6, 6.07) is 11.5. The first-order valence-electron chi connectivity index (χ1n) is 13.2. The second-order valence-corrected chi connectivity index (χ2v) is 10.1. The van der Waals surface area contributed by atoms with Gasteiger partial charge in [0.1, 0.15) is 30.3 Å². The highest BCUT2D eigenvalue weighted by Gasteiger charge is 2.49. The quantitative estimate of drug-likeness (QED) is 0.351. The summed E-state index contributed by atoms with van der Waals surface area (Å²) >= 11 is 6.75. The maximum absolute atomic E-state index is 12.2. The van der Waals surface area contributed by atoms with Crippen LogP contribution in [0.15, 0.2) is 48.6 Å². The van der Waals surface area contributed by atoms with E-state index in [9.17, 15) is 9.59 Å². The summed E-state index contributed by atoms with van der Waals surface area (Å²) < 4.78 is 35.5. The number of halogens is 1. The Kier molecular flexibility index (Phi) is 9.88. The van der Waals surface area contributed by atoms with Crippen LogP contribution in [-0.4, -0.2) is 56.7 Å². The van der Waals surface area contributed by atoms with Crippen LogP contribution in [0.3, 0.4) is 0 Å². The lowest BCUT2D eigenvalue weighted by atomic mass is 9.84. The summed E-state index contributed by atoms with van der Waals surface area (Å²) in [5.74, 6) is 0.00455. The minimum atomic E-state index is -0.905. The predicted molar refractivity (Wildman–Crippen MR) is 145 cm³/mol. The monoisotopic (exact) mass is 558 g/mol. The van der Waals surface area contributed by atoms with E-state index in [0.29, 0.717) is 36.0 Å². The highest BCUT2D eigenvalue weighted by atomic mass is 35.5. The number of carbonyl (C=O) groups is 2. The molecular weight excluding hydrogens is 524 g/mol. The maximum atomic E-state index is 12.2.